The average molecular weight is 282 g/mol. The number of rotatable bonds is 5. The Labute approximate surface area is 115 Å². The fraction of sp³-hybridized carbons (Fsp3) is 0.462. The van der Waals surface area contributed by atoms with Gasteiger partial charge in [-0.15, -0.1) is 0 Å². The van der Waals surface area contributed by atoms with Gasteiger partial charge in [0.1, 0.15) is 11.4 Å². The summed E-state index contributed by atoms with van der Waals surface area (Å²) in [6, 6.07) is 2.82. The Balaban J connectivity index is 1.97. The van der Waals surface area contributed by atoms with E-state index in [4.69, 9.17) is 4.74 Å². The van der Waals surface area contributed by atoms with Gasteiger partial charge in [0.2, 0.25) is 0 Å². The molecule has 6 nitrogen and oxygen atoms in total. The van der Waals surface area contributed by atoms with Crippen molar-refractivity contribution in [2.75, 3.05) is 13.2 Å². The second-order valence-electron chi connectivity index (χ2n) is 4.60. The Morgan fingerprint density at radius 1 is 1.55 bits per heavy atom. The third kappa shape index (κ3) is 3.51. The first-order valence-electron chi connectivity index (χ1n) is 6.41. The summed E-state index contributed by atoms with van der Waals surface area (Å²) in [7, 11) is 0. The van der Waals surface area contributed by atoms with Crippen molar-refractivity contribution in [2.24, 2.45) is 0 Å². The number of halogens is 1. The summed E-state index contributed by atoms with van der Waals surface area (Å²) in [5, 5.41) is 13.4. The quantitative estimate of drug-likeness (QED) is 0.661. The Morgan fingerprint density at radius 2 is 2.35 bits per heavy atom. The number of hydrogen-bond acceptors (Lipinski definition) is 4. The van der Waals surface area contributed by atoms with Crippen molar-refractivity contribution >= 4 is 11.6 Å². The van der Waals surface area contributed by atoms with Crippen molar-refractivity contribution in [1.82, 2.24) is 5.32 Å². The summed E-state index contributed by atoms with van der Waals surface area (Å²) in [5.41, 5.74) is -0.664. The molecule has 1 N–H and O–H groups in total. The van der Waals surface area contributed by atoms with Crippen LogP contribution < -0.4 is 5.32 Å². The van der Waals surface area contributed by atoms with Gasteiger partial charge < -0.3 is 10.1 Å². The van der Waals surface area contributed by atoms with Crippen LogP contribution in [-0.4, -0.2) is 30.1 Å². The lowest BCUT2D eigenvalue weighted by Crippen LogP contribution is -2.27. The van der Waals surface area contributed by atoms with E-state index in [0.29, 0.717) is 13.0 Å². The highest BCUT2D eigenvalue weighted by Crippen LogP contribution is 2.19. The predicted octanol–water partition coefficient (Wildman–Crippen LogP) is 2.03. The molecule has 1 heterocycles. The molecular formula is C13H15FN2O4. The molecule has 1 atom stereocenters. The lowest BCUT2D eigenvalue weighted by Gasteiger charge is -2.10. The summed E-state index contributed by atoms with van der Waals surface area (Å²) in [6.07, 6.45) is 2.73. The molecule has 7 heteroatoms. The Kier molecular flexibility index (Phi) is 4.62. The third-order valence-corrected chi connectivity index (χ3v) is 3.18. The highest BCUT2D eigenvalue weighted by atomic mass is 19.1. The van der Waals surface area contributed by atoms with Gasteiger partial charge in [-0.2, -0.15) is 0 Å². The summed E-state index contributed by atoms with van der Waals surface area (Å²) in [4.78, 5) is 22.0. The van der Waals surface area contributed by atoms with Crippen molar-refractivity contribution in [1.29, 1.82) is 0 Å². The van der Waals surface area contributed by atoms with E-state index in [9.17, 15) is 19.3 Å². The number of nitro benzene ring substituents is 1. The van der Waals surface area contributed by atoms with Crippen LogP contribution in [0.25, 0.3) is 0 Å². The number of hydrogen-bond donors (Lipinski definition) is 1. The molecule has 0 bridgehead atoms. The van der Waals surface area contributed by atoms with Gasteiger partial charge in [-0.25, -0.2) is 4.39 Å². The maximum absolute atomic E-state index is 13.1. The number of nitrogens with zero attached hydrogens (tertiary/aromatic N) is 1. The standard InChI is InChI=1S/C13H15FN2O4/c14-9-3-4-12(16(18)19)11(8-9)13(17)15-6-5-10-2-1-7-20-10/h3-4,8,10H,1-2,5-7H2,(H,15,17). The molecule has 20 heavy (non-hydrogen) atoms. The molecule has 0 aromatic heterocycles. The minimum absolute atomic E-state index is 0.123. The predicted molar refractivity (Wildman–Crippen MR) is 69.0 cm³/mol. The maximum atomic E-state index is 13.1. The van der Waals surface area contributed by atoms with Crippen molar-refractivity contribution in [3.05, 3.63) is 39.7 Å². The van der Waals surface area contributed by atoms with Gasteiger partial charge in [0.05, 0.1) is 11.0 Å². The maximum Gasteiger partial charge on any atom is 0.282 e. The molecule has 108 valence electrons. The van der Waals surface area contributed by atoms with Gasteiger partial charge in [-0.3, -0.25) is 14.9 Å². The number of carbonyl (C=O) groups excluding carboxylic acids is 1. The number of carbonyl (C=O) groups is 1. The molecule has 0 radical (unpaired) electrons. The SMILES string of the molecule is O=C(NCCC1CCCO1)c1cc(F)ccc1[N+](=O)[O-]. The fourth-order valence-electron chi connectivity index (χ4n) is 2.16. The third-order valence-electron chi connectivity index (χ3n) is 3.18. The van der Waals surface area contributed by atoms with Crippen molar-refractivity contribution in [3.8, 4) is 0 Å². The average Bonchev–Trinajstić information content (AvgIpc) is 2.91. The van der Waals surface area contributed by atoms with Gasteiger partial charge in [0.15, 0.2) is 0 Å². The lowest BCUT2D eigenvalue weighted by atomic mass is 10.1. The molecule has 1 aliphatic heterocycles. The van der Waals surface area contributed by atoms with E-state index in [1.54, 1.807) is 0 Å². The minimum atomic E-state index is -0.700. The van der Waals surface area contributed by atoms with E-state index in [1.807, 2.05) is 0 Å². The number of ether oxygens (including phenoxy) is 1. The second-order valence-corrected chi connectivity index (χ2v) is 4.60. The molecule has 0 spiro atoms. The molecule has 1 fully saturated rings. The van der Waals surface area contributed by atoms with Crippen LogP contribution in [0, 0.1) is 15.9 Å². The zero-order valence-corrected chi connectivity index (χ0v) is 10.8. The summed E-state index contributed by atoms with van der Waals surface area (Å²) >= 11 is 0. The molecule has 1 aliphatic rings. The highest BCUT2D eigenvalue weighted by Gasteiger charge is 2.21. The van der Waals surface area contributed by atoms with Crippen molar-refractivity contribution < 1.29 is 18.8 Å². The Bertz CT molecular complexity index is 515. The highest BCUT2D eigenvalue weighted by molar-refractivity contribution is 5.98. The molecule has 1 saturated heterocycles. The number of amides is 1. The van der Waals surface area contributed by atoms with Crippen LogP contribution in [-0.2, 0) is 4.74 Å². The smallest absolute Gasteiger partial charge is 0.282 e. The van der Waals surface area contributed by atoms with Crippen molar-refractivity contribution in [3.63, 3.8) is 0 Å². The minimum Gasteiger partial charge on any atom is -0.378 e. The molecule has 1 aromatic carbocycles. The molecule has 0 saturated carbocycles. The zero-order chi connectivity index (χ0) is 14.5. The van der Waals surface area contributed by atoms with Gasteiger partial charge in [0, 0.05) is 19.2 Å². The van der Waals surface area contributed by atoms with Crippen LogP contribution in [0.15, 0.2) is 18.2 Å². The van der Waals surface area contributed by atoms with Crippen LogP contribution in [0.5, 0.6) is 0 Å². The lowest BCUT2D eigenvalue weighted by molar-refractivity contribution is -0.385. The largest absolute Gasteiger partial charge is 0.378 e. The topological polar surface area (TPSA) is 81.5 Å². The van der Waals surface area contributed by atoms with E-state index in [-0.39, 0.29) is 11.7 Å². The van der Waals surface area contributed by atoms with Gasteiger partial charge >= 0.3 is 0 Å². The van der Waals surface area contributed by atoms with Crippen molar-refractivity contribution in [2.45, 2.75) is 25.4 Å². The molecule has 1 aromatic rings. The molecule has 1 amide bonds. The van der Waals surface area contributed by atoms with Gasteiger partial charge in [-0.1, -0.05) is 0 Å². The number of benzene rings is 1. The zero-order valence-electron chi connectivity index (χ0n) is 10.8. The Morgan fingerprint density at radius 3 is 3.00 bits per heavy atom. The molecular weight excluding hydrogens is 267 g/mol. The van der Waals surface area contributed by atoms with Gasteiger partial charge in [0.25, 0.3) is 11.6 Å². The summed E-state index contributed by atoms with van der Waals surface area (Å²) < 4.78 is 18.5. The van der Waals surface area contributed by atoms with E-state index < -0.39 is 22.3 Å². The van der Waals surface area contributed by atoms with Crippen LogP contribution in [0.2, 0.25) is 0 Å². The van der Waals surface area contributed by atoms with Crippen LogP contribution in [0.4, 0.5) is 10.1 Å². The van der Waals surface area contributed by atoms with E-state index in [2.05, 4.69) is 5.32 Å². The first kappa shape index (κ1) is 14.4. The number of nitro groups is 1. The number of nitrogens with one attached hydrogen (secondary N) is 1. The first-order chi connectivity index (χ1) is 9.58. The van der Waals surface area contributed by atoms with Crippen LogP contribution >= 0.6 is 0 Å². The van der Waals surface area contributed by atoms with Gasteiger partial charge in [-0.05, 0) is 31.4 Å². The second kappa shape index (κ2) is 6.42. The molecule has 2 rings (SSSR count). The van der Waals surface area contributed by atoms with E-state index in [0.717, 1.165) is 37.6 Å². The fourth-order valence-corrected chi connectivity index (χ4v) is 2.16. The normalized spacial score (nSPS) is 17.9. The van der Waals surface area contributed by atoms with E-state index in [1.165, 1.54) is 0 Å². The first-order valence-corrected chi connectivity index (χ1v) is 6.41. The summed E-state index contributed by atoms with van der Waals surface area (Å²) in [6.45, 7) is 1.07. The monoisotopic (exact) mass is 282 g/mol. The van der Waals surface area contributed by atoms with Crippen LogP contribution in [0.3, 0.4) is 0 Å². The molecule has 1 unspecified atom stereocenters. The summed E-state index contributed by atoms with van der Waals surface area (Å²) in [5.74, 6) is -1.32. The molecule has 0 aliphatic carbocycles. The Hall–Kier alpha value is -2.02. The van der Waals surface area contributed by atoms with Crippen LogP contribution in [0.1, 0.15) is 29.6 Å². The van der Waals surface area contributed by atoms with E-state index >= 15 is 0 Å².